The van der Waals surface area contributed by atoms with Gasteiger partial charge in [0.05, 0.1) is 4.92 Å². The zero-order chi connectivity index (χ0) is 15.6. The summed E-state index contributed by atoms with van der Waals surface area (Å²) in [6, 6.07) is 9.56. The highest BCUT2D eigenvalue weighted by atomic mass is 79.9. The van der Waals surface area contributed by atoms with E-state index in [1.165, 1.54) is 12.1 Å². The normalized spacial score (nSPS) is 10.2. The van der Waals surface area contributed by atoms with Crippen LogP contribution < -0.4 is 5.32 Å². The lowest BCUT2D eigenvalue weighted by Gasteiger charge is -2.09. The highest BCUT2D eigenvalue weighted by Gasteiger charge is 2.16. The molecule has 0 spiro atoms. The van der Waals surface area contributed by atoms with Gasteiger partial charge in [-0.25, -0.2) is 0 Å². The van der Waals surface area contributed by atoms with Crippen molar-refractivity contribution in [1.82, 2.24) is 0 Å². The number of aryl methyl sites for hydroxylation is 1. The van der Waals surface area contributed by atoms with Crippen molar-refractivity contribution in [2.24, 2.45) is 0 Å². The first kappa shape index (κ1) is 15.5. The molecule has 21 heavy (non-hydrogen) atoms. The molecule has 1 amide bonds. The number of hydrogen-bond acceptors (Lipinski definition) is 3. The number of halogens is 2. The Morgan fingerprint density at radius 2 is 1.90 bits per heavy atom. The van der Waals surface area contributed by atoms with Gasteiger partial charge in [0, 0.05) is 21.8 Å². The monoisotopic (exact) mass is 368 g/mol. The first-order valence-electron chi connectivity index (χ1n) is 5.90. The van der Waals surface area contributed by atoms with E-state index in [4.69, 9.17) is 11.6 Å². The summed E-state index contributed by atoms with van der Waals surface area (Å²) in [4.78, 5) is 22.3. The van der Waals surface area contributed by atoms with Crippen LogP contribution in [0.3, 0.4) is 0 Å². The molecule has 0 aliphatic rings. The molecule has 0 aliphatic carbocycles. The van der Waals surface area contributed by atoms with E-state index in [1.807, 2.05) is 0 Å². The van der Waals surface area contributed by atoms with Crippen LogP contribution in [-0.4, -0.2) is 10.8 Å². The summed E-state index contributed by atoms with van der Waals surface area (Å²) < 4.78 is 0.869. The average Bonchev–Trinajstić information content (AvgIpc) is 2.42. The van der Waals surface area contributed by atoms with Gasteiger partial charge >= 0.3 is 0 Å². The van der Waals surface area contributed by atoms with Crippen LogP contribution in [0.25, 0.3) is 0 Å². The number of nitrogens with one attached hydrogen (secondary N) is 1. The van der Waals surface area contributed by atoms with Crippen LogP contribution in [-0.2, 0) is 0 Å². The molecular formula is C14H10BrClN2O3. The predicted molar refractivity (Wildman–Crippen MR) is 84.9 cm³/mol. The van der Waals surface area contributed by atoms with Crippen LogP contribution in [0.1, 0.15) is 15.9 Å². The molecule has 0 saturated carbocycles. The Balaban J connectivity index is 2.27. The van der Waals surface area contributed by atoms with Gasteiger partial charge in [0.15, 0.2) is 0 Å². The zero-order valence-electron chi connectivity index (χ0n) is 10.9. The topological polar surface area (TPSA) is 72.2 Å². The van der Waals surface area contributed by atoms with E-state index in [0.717, 1.165) is 4.47 Å². The number of amides is 1. The van der Waals surface area contributed by atoms with E-state index in [0.29, 0.717) is 16.8 Å². The summed E-state index contributed by atoms with van der Waals surface area (Å²) in [6.07, 6.45) is 0. The Bertz CT molecular complexity index is 717. The second-order valence-electron chi connectivity index (χ2n) is 4.34. The number of nitro groups is 1. The number of hydrogen-bond donors (Lipinski definition) is 1. The third-order valence-electron chi connectivity index (χ3n) is 2.85. The van der Waals surface area contributed by atoms with Gasteiger partial charge < -0.3 is 5.32 Å². The smallest absolute Gasteiger partial charge is 0.288 e. The second kappa shape index (κ2) is 6.24. The lowest BCUT2D eigenvalue weighted by molar-refractivity contribution is -0.384. The highest BCUT2D eigenvalue weighted by molar-refractivity contribution is 9.10. The fourth-order valence-corrected chi connectivity index (χ4v) is 2.23. The predicted octanol–water partition coefficient (Wildman–Crippen LogP) is 4.57. The molecule has 108 valence electrons. The molecule has 2 aromatic rings. The Morgan fingerprint density at radius 3 is 2.48 bits per heavy atom. The van der Waals surface area contributed by atoms with Crippen LogP contribution in [0.4, 0.5) is 11.4 Å². The molecule has 0 unspecified atom stereocenters. The second-order valence-corrected chi connectivity index (χ2v) is 5.66. The van der Waals surface area contributed by atoms with Gasteiger partial charge in [0.1, 0.15) is 5.02 Å². The summed E-state index contributed by atoms with van der Waals surface area (Å²) >= 11 is 9.14. The summed E-state index contributed by atoms with van der Waals surface area (Å²) in [5, 5.41) is 13.5. The van der Waals surface area contributed by atoms with Crippen molar-refractivity contribution >= 4 is 44.8 Å². The highest BCUT2D eigenvalue weighted by Crippen LogP contribution is 2.30. The van der Waals surface area contributed by atoms with Gasteiger partial charge in [0.2, 0.25) is 0 Å². The lowest BCUT2D eigenvalue weighted by atomic mass is 10.1. The number of benzene rings is 2. The van der Waals surface area contributed by atoms with Gasteiger partial charge in [-0.3, -0.25) is 14.9 Å². The molecule has 0 bridgehead atoms. The first-order valence-corrected chi connectivity index (χ1v) is 7.07. The van der Waals surface area contributed by atoms with Gasteiger partial charge in [-0.1, -0.05) is 27.5 Å². The van der Waals surface area contributed by atoms with E-state index < -0.39 is 4.92 Å². The van der Waals surface area contributed by atoms with Crippen molar-refractivity contribution in [3.05, 3.63) is 67.1 Å². The molecule has 0 radical (unpaired) electrons. The number of carbonyl (C=O) groups is 1. The SMILES string of the molecule is Cc1cc([N+](=O)[O-])c(Cl)cc1NC(=O)c1ccc(Br)cc1. The van der Waals surface area contributed by atoms with Crippen LogP contribution >= 0.6 is 27.5 Å². The summed E-state index contributed by atoms with van der Waals surface area (Å²) in [7, 11) is 0. The van der Waals surface area contributed by atoms with Crippen molar-refractivity contribution in [2.45, 2.75) is 6.92 Å². The van der Waals surface area contributed by atoms with Gasteiger partial charge in [-0.2, -0.15) is 0 Å². The molecule has 5 nitrogen and oxygen atoms in total. The standard InChI is InChI=1S/C14H10BrClN2O3/c1-8-6-13(18(20)21)11(16)7-12(8)17-14(19)9-2-4-10(15)5-3-9/h2-7H,1H3,(H,17,19). The van der Waals surface area contributed by atoms with E-state index >= 15 is 0 Å². The molecule has 1 N–H and O–H groups in total. The lowest BCUT2D eigenvalue weighted by Crippen LogP contribution is -2.12. The molecule has 0 heterocycles. The Labute approximate surface area is 134 Å². The Hall–Kier alpha value is -1.92. The van der Waals surface area contributed by atoms with Crippen LogP contribution in [0, 0.1) is 17.0 Å². The number of carbonyl (C=O) groups excluding carboxylic acids is 1. The number of anilines is 1. The molecule has 0 saturated heterocycles. The van der Waals surface area contributed by atoms with Crippen molar-refractivity contribution in [2.75, 3.05) is 5.32 Å². The quantitative estimate of drug-likeness (QED) is 0.636. The minimum Gasteiger partial charge on any atom is -0.322 e. The molecule has 0 aromatic heterocycles. The molecule has 2 aromatic carbocycles. The third-order valence-corrected chi connectivity index (χ3v) is 3.68. The average molecular weight is 370 g/mol. The zero-order valence-corrected chi connectivity index (χ0v) is 13.2. The van der Waals surface area contributed by atoms with E-state index in [-0.39, 0.29) is 16.6 Å². The van der Waals surface area contributed by atoms with Crippen molar-refractivity contribution in [3.8, 4) is 0 Å². The maximum absolute atomic E-state index is 12.1. The van der Waals surface area contributed by atoms with Crippen LogP contribution in [0.15, 0.2) is 40.9 Å². The van der Waals surface area contributed by atoms with Gasteiger partial charge in [0.25, 0.3) is 11.6 Å². The molecule has 7 heteroatoms. The molecule has 2 rings (SSSR count). The van der Waals surface area contributed by atoms with Crippen LogP contribution in [0.5, 0.6) is 0 Å². The van der Waals surface area contributed by atoms with E-state index in [2.05, 4.69) is 21.2 Å². The summed E-state index contributed by atoms with van der Waals surface area (Å²) in [5.41, 5.74) is 1.30. The van der Waals surface area contributed by atoms with Gasteiger partial charge in [-0.15, -0.1) is 0 Å². The number of rotatable bonds is 3. The molecule has 0 aliphatic heterocycles. The Kier molecular flexibility index (Phi) is 4.59. The summed E-state index contributed by atoms with van der Waals surface area (Å²) in [6.45, 7) is 1.67. The largest absolute Gasteiger partial charge is 0.322 e. The van der Waals surface area contributed by atoms with Crippen molar-refractivity contribution in [3.63, 3.8) is 0 Å². The number of nitro benzene ring substituents is 1. The maximum Gasteiger partial charge on any atom is 0.288 e. The molecule has 0 atom stereocenters. The fraction of sp³-hybridized carbons (Fsp3) is 0.0714. The van der Waals surface area contributed by atoms with Crippen molar-refractivity contribution in [1.29, 1.82) is 0 Å². The van der Waals surface area contributed by atoms with Crippen molar-refractivity contribution < 1.29 is 9.72 Å². The summed E-state index contributed by atoms with van der Waals surface area (Å²) in [5.74, 6) is -0.310. The molecular weight excluding hydrogens is 360 g/mol. The third kappa shape index (κ3) is 3.59. The maximum atomic E-state index is 12.1. The first-order chi connectivity index (χ1) is 9.88. The van der Waals surface area contributed by atoms with Crippen LogP contribution in [0.2, 0.25) is 5.02 Å². The fourth-order valence-electron chi connectivity index (χ4n) is 1.74. The minimum absolute atomic E-state index is 0.0169. The molecule has 0 fully saturated rings. The Morgan fingerprint density at radius 1 is 1.29 bits per heavy atom. The van der Waals surface area contributed by atoms with E-state index in [9.17, 15) is 14.9 Å². The minimum atomic E-state index is -0.560. The van der Waals surface area contributed by atoms with E-state index in [1.54, 1.807) is 31.2 Å². The van der Waals surface area contributed by atoms with Gasteiger partial charge in [-0.05, 0) is 42.8 Å². The number of nitrogens with zero attached hydrogens (tertiary/aromatic N) is 1.